The zero-order valence-electron chi connectivity index (χ0n) is 17.0. The molecule has 0 saturated heterocycles. The fourth-order valence-corrected chi connectivity index (χ4v) is 3.88. The minimum Gasteiger partial charge on any atom is -0.300 e. The van der Waals surface area contributed by atoms with E-state index in [0.29, 0.717) is 5.71 Å². The highest BCUT2D eigenvalue weighted by atomic mass is 14.4. The van der Waals surface area contributed by atoms with E-state index >= 15 is 0 Å². The van der Waals surface area contributed by atoms with Crippen molar-refractivity contribution in [2.24, 2.45) is 0 Å². The van der Waals surface area contributed by atoms with E-state index in [1.54, 1.807) is 0 Å². The first-order valence-corrected chi connectivity index (χ1v) is 8.75. The second kappa shape index (κ2) is 6.58. The first kappa shape index (κ1) is 19.1. The van der Waals surface area contributed by atoms with Crippen molar-refractivity contribution in [2.45, 2.75) is 0 Å². The van der Waals surface area contributed by atoms with E-state index in [4.69, 9.17) is 5.41 Å². The van der Waals surface area contributed by atoms with Crippen LogP contribution in [0.3, 0.4) is 0 Å². The van der Waals surface area contributed by atoms with Gasteiger partial charge in [0.2, 0.25) is 0 Å². The molecule has 0 aliphatic heterocycles. The molecule has 0 radical (unpaired) electrons. The Morgan fingerprint density at radius 1 is 0.375 bits per heavy atom. The van der Waals surface area contributed by atoms with Crippen LogP contribution in [-0.4, -0.2) is 84.2 Å². The molecule has 2 aromatic carbocycles. The van der Waals surface area contributed by atoms with Crippen molar-refractivity contribution >= 4 is 139 Å². The lowest BCUT2D eigenvalue weighted by molar-refractivity contribution is 1.50. The normalized spacial score (nSPS) is 10.7. The largest absolute Gasteiger partial charge is 0.300 e. The number of nitrogens with one attached hydrogen (secondary N) is 1. The van der Waals surface area contributed by atoms with Crippen LogP contribution in [0.2, 0.25) is 0 Å². The van der Waals surface area contributed by atoms with Crippen molar-refractivity contribution in [1.29, 1.82) is 5.41 Å². The minimum absolute atomic E-state index is 0.678. The molecule has 0 aromatic heterocycles. The van der Waals surface area contributed by atoms with Gasteiger partial charge in [-0.05, 0) is 11.1 Å². The Hall–Kier alpha value is -1.24. The third-order valence-electron chi connectivity index (χ3n) is 6.50. The quantitative estimate of drug-likeness (QED) is 0.421. The average Bonchev–Trinajstić information content (AvgIpc) is 2.55. The number of hydrogen-bond donors (Lipinski definition) is 1. The summed E-state index contributed by atoms with van der Waals surface area (Å²) >= 11 is 0. The van der Waals surface area contributed by atoms with Gasteiger partial charge < -0.3 is 0 Å². The first-order chi connectivity index (χ1) is 11.0. The van der Waals surface area contributed by atoms with Crippen molar-refractivity contribution in [3.63, 3.8) is 0 Å². The third-order valence-corrected chi connectivity index (χ3v) is 6.50. The van der Waals surface area contributed by atoms with E-state index in [1.807, 2.05) is 0 Å². The molecule has 0 saturated carbocycles. The fraction of sp³-hybridized carbons (Fsp3) is 0. The van der Waals surface area contributed by atoms with E-state index in [-0.39, 0.29) is 0 Å². The van der Waals surface area contributed by atoms with E-state index < -0.39 is 0 Å². The highest BCUT2D eigenvalue weighted by Crippen LogP contribution is 1.98. The summed E-state index contributed by atoms with van der Waals surface area (Å²) in [6.07, 6.45) is 0. The van der Waals surface area contributed by atoms with Gasteiger partial charge in [0.15, 0.2) is 0 Å². The maximum absolute atomic E-state index is 9.06. The Labute approximate surface area is 155 Å². The molecule has 2 rings (SSSR count). The Kier molecular flexibility index (Phi) is 5.23. The van der Waals surface area contributed by atoms with Crippen molar-refractivity contribution in [2.75, 3.05) is 0 Å². The maximum Gasteiger partial charge on any atom is 0.139 e. The molecule has 0 aliphatic rings. The molecule has 1 nitrogen and oxygen atoms in total. The molecule has 0 spiro atoms. The first-order valence-electron chi connectivity index (χ1n) is 8.75. The molecule has 108 valence electrons. The summed E-state index contributed by atoms with van der Waals surface area (Å²) in [5.74, 6) is 0. The molecule has 24 heavy (non-hydrogen) atoms. The molecular formula is C13H21B10N. The van der Waals surface area contributed by atoms with Crippen LogP contribution in [0.5, 0.6) is 0 Å². The predicted molar refractivity (Wildman–Crippen MR) is 141 cm³/mol. The summed E-state index contributed by atoms with van der Waals surface area (Å²) < 4.78 is 0. The maximum atomic E-state index is 9.06. The van der Waals surface area contributed by atoms with E-state index in [1.165, 1.54) is 54.6 Å². The van der Waals surface area contributed by atoms with Crippen LogP contribution in [0.4, 0.5) is 0 Å². The van der Waals surface area contributed by atoms with Gasteiger partial charge in [0.1, 0.15) is 78.5 Å². The summed E-state index contributed by atoms with van der Waals surface area (Å²) in [4.78, 5) is 0. The van der Waals surface area contributed by atoms with Crippen molar-refractivity contribution in [3.8, 4) is 0 Å². The summed E-state index contributed by atoms with van der Waals surface area (Å²) in [6, 6.07) is 0. The monoisotopic (exact) mass is 301 g/mol. The fourth-order valence-electron chi connectivity index (χ4n) is 3.88. The molecule has 0 heterocycles. The van der Waals surface area contributed by atoms with Gasteiger partial charge in [-0.25, -0.2) is 0 Å². The van der Waals surface area contributed by atoms with Crippen LogP contribution in [0.25, 0.3) is 0 Å². The van der Waals surface area contributed by atoms with Crippen LogP contribution in [0.1, 0.15) is 11.1 Å². The van der Waals surface area contributed by atoms with Gasteiger partial charge in [-0.15, -0.1) is 32.8 Å². The van der Waals surface area contributed by atoms with Gasteiger partial charge in [0.05, 0.1) is 5.71 Å². The number of benzene rings is 2. The summed E-state index contributed by atoms with van der Waals surface area (Å²) in [6.45, 7) is 0. The lowest BCUT2D eigenvalue weighted by Gasteiger charge is -2.25. The van der Waals surface area contributed by atoms with Crippen molar-refractivity contribution in [1.82, 2.24) is 0 Å². The number of hydrogen-bond acceptors (Lipinski definition) is 1. The molecule has 0 aliphatic carbocycles. The van der Waals surface area contributed by atoms with Crippen LogP contribution < -0.4 is 54.6 Å². The second-order valence-electron chi connectivity index (χ2n) is 7.38. The topological polar surface area (TPSA) is 23.9 Å². The van der Waals surface area contributed by atoms with E-state index in [0.717, 1.165) is 11.1 Å². The zero-order chi connectivity index (χ0) is 18.5. The van der Waals surface area contributed by atoms with Crippen molar-refractivity contribution < 1.29 is 0 Å². The smallest absolute Gasteiger partial charge is 0.139 e. The van der Waals surface area contributed by atoms with Gasteiger partial charge in [-0.2, -0.15) is 0 Å². The van der Waals surface area contributed by atoms with Gasteiger partial charge in [0.25, 0.3) is 0 Å². The predicted octanol–water partition coefficient (Wildman–Crippen LogP) is -14.3. The third kappa shape index (κ3) is 2.70. The van der Waals surface area contributed by atoms with Gasteiger partial charge in [0, 0.05) is 0 Å². The van der Waals surface area contributed by atoms with E-state index in [2.05, 4.69) is 78.5 Å². The summed E-state index contributed by atoms with van der Waals surface area (Å²) in [5, 5.41) is 9.06. The Morgan fingerprint density at radius 3 is 0.750 bits per heavy atom. The second-order valence-corrected chi connectivity index (χ2v) is 7.38. The summed E-state index contributed by atoms with van der Waals surface area (Å²) in [5.41, 5.74) is 15.9. The van der Waals surface area contributed by atoms with Crippen LogP contribution >= 0.6 is 0 Å². The molecule has 0 atom stereocenters. The Morgan fingerprint density at radius 2 is 0.542 bits per heavy atom. The highest BCUT2D eigenvalue weighted by Gasteiger charge is 2.20. The molecule has 0 unspecified atom stereocenters. The number of rotatable bonds is 2. The lowest BCUT2D eigenvalue weighted by atomic mass is 9.57. The molecule has 0 bridgehead atoms. The Balaban J connectivity index is 2.87. The highest BCUT2D eigenvalue weighted by molar-refractivity contribution is 6.71. The lowest BCUT2D eigenvalue weighted by Crippen LogP contribution is -2.60. The molecule has 2 aromatic rings. The molecule has 11 heteroatoms. The molecular weight excluding hydrogens is 278 g/mol. The molecule has 1 N–H and O–H groups in total. The van der Waals surface area contributed by atoms with Crippen LogP contribution in [0, 0.1) is 5.41 Å². The van der Waals surface area contributed by atoms with Gasteiger partial charge in [-0.1, -0.05) is 21.9 Å². The van der Waals surface area contributed by atoms with Gasteiger partial charge in [-0.3, -0.25) is 5.41 Å². The van der Waals surface area contributed by atoms with Gasteiger partial charge >= 0.3 is 0 Å². The Bertz CT molecular complexity index is 760. The zero-order valence-corrected chi connectivity index (χ0v) is 17.0. The van der Waals surface area contributed by atoms with Crippen molar-refractivity contribution in [3.05, 3.63) is 11.1 Å². The standard InChI is InChI=1S/C13H21B10N/c14-3-1(4(15)8(19)11(22)7(3)18)13(24)2-5(16)9(20)12(23)10(21)6(2)17/h24H,14-23H2. The average molecular weight is 299 g/mol. The molecule has 0 amide bonds. The summed E-state index contributed by atoms with van der Waals surface area (Å²) in [7, 11) is 21.8. The van der Waals surface area contributed by atoms with Crippen LogP contribution in [-0.2, 0) is 0 Å². The van der Waals surface area contributed by atoms with E-state index in [9.17, 15) is 0 Å². The minimum atomic E-state index is 0.678. The van der Waals surface area contributed by atoms with Crippen LogP contribution in [0.15, 0.2) is 0 Å². The molecule has 0 fully saturated rings. The SMILES string of the molecule is Bc1c(B)c(B)c(C(=N)c2c(B)c(B)c(B)c(B)c2B)c(B)c1B.